The van der Waals surface area contributed by atoms with Crippen molar-refractivity contribution in [1.82, 2.24) is 0 Å². The van der Waals surface area contributed by atoms with Gasteiger partial charge in [0.05, 0.1) is 23.9 Å². The number of aliphatic hydroxyl groups is 1. The normalized spacial score (nSPS) is 12.6. The number of sulfone groups is 1. The Morgan fingerprint density at radius 3 is 2.45 bits per heavy atom. The molecule has 0 saturated carbocycles. The molecule has 116 valence electrons. The fourth-order valence-electron chi connectivity index (χ4n) is 1.97. The van der Waals surface area contributed by atoms with Gasteiger partial charge in [0.15, 0.2) is 9.84 Å². The Morgan fingerprint density at radius 1 is 1.18 bits per heavy atom. The molecule has 22 heavy (non-hydrogen) atoms. The average molecular weight is 321 g/mol. The predicted octanol–water partition coefficient (Wildman–Crippen LogP) is 2.60. The van der Waals surface area contributed by atoms with Gasteiger partial charge in [-0.3, -0.25) is 0 Å². The SMILES string of the molecule is COc1ccc(S(=O)(=O)CC(O)c2cccc(N=O)c2)cc1. The second kappa shape index (κ2) is 6.67. The number of nitrogens with zero attached hydrogens (tertiary/aromatic N) is 1. The van der Waals surface area contributed by atoms with Crippen molar-refractivity contribution in [2.45, 2.75) is 11.0 Å². The van der Waals surface area contributed by atoms with Crippen molar-refractivity contribution >= 4 is 15.5 Å². The highest BCUT2D eigenvalue weighted by molar-refractivity contribution is 7.91. The zero-order valence-electron chi connectivity index (χ0n) is 11.8. The quantitative estimate of drug-likeness (QED) is 0.825. The van der Waals surface area contributed by atoms with Crippen LogP contribution in [-0.4, -0.2) is 26.4 Å². The van der Waals surface area contributed by atoms with Gasteiger partial charge in [0.1, 0.15) is 11.4 Å². The molecule has 1 unspecified atom stereocenters. The first kappa shape index (κ1) is 16.1. The summed E-state index contributed by atoms with van der Waals surface area (Å²) in [6.45, 7) is 0. The van der Waals surface area contributed by atoms with E-state index in [-0.39, 0.29) is 10.6 Å². The molecule has 2 aromatic carbocycles. The number of nitroso groups, excluding NO2 is 1. The van der Waals surface area contributed by atoms with Crippen LogP contribution >= 0.6 is 0 Å². The lowest BCUT2D eigenvalue weighted by atomic mass is 10.1. The number of methoxy groups -OCH3 is 1. The number of ether oxygens (including phenoxy) is 1. The van der Waals surface area contributed by atoms with E-state index in [1.165, 1.54) is 49.6 Å². The molecule has 1 N–H and O–H groups in total. The summed E-state index contributed by atoms with van der Waals surface area (Å²) in [6, 6.07) is 11.8. The Labute approximate surface area is 128 Å². The van der Waals surface area contributed by atoms with Gasteiger partial charge in [0.2, 0.25) is 0 Å². The molecule has 0 aromatic heterocycles. The molecule has 0 aliphatic rings. The summed E-state index contributed by atoms with van der Waals surface area (Å²) < 4.78 is 29.5. The molecular formula is C15H15NO5S. The van der Waals surface area contributed by atoms with Crippen molar-refractivity contribution in [3.63, 3.8) is 0 Å². The molecule has 0 bridgehead atoms. The fourth-order valence-corrected chi connectivity index (χ4v) is 3.32. The first-order valence-electron chi connectivity index (χ1n) is 6.44. The van der Waals surface area contributed by atoms with Crippen molar-refractivity contribution in [1.29, 1.82) is 0 Å². The number of hydrogen-bond acceptors (Lipinski definition) is 6. The Kier molecular flexibility index (Phi) is 4.89. The third-order valence-corrected chi connectivity index (χ3v) is 4.90. The fraction of sp³-hybridized carbons (Fsp3) is 0.200. The monoisotopic (exact) mass is 321 g/mol. The molecule has 0 amide bonds. The lowest BCUT2D eigenvalue weighted by Crippen LogP contribution is -2.14. The van der Waals surface area contributed by atoms with Gasteiger partial charge in [-0.1, -0.05) is 12.1 Å². The third kappa shape index (κ3) is 3.69. The first-order chi connectivity index (χ1) is 10.5. The number of rotatable bonds is 6. The smallest absolute Gasteiger partial charge is 0.181 e. The summed E-state index contributed by atoms with van der Waals surface area (Å²) in [4.78, 5) is 10.6. The summed E-state index contributed by atoms with van der Waals surface area (Å²) in [5, 5.41) is 12.9. The topological polar surface area (TPSA) is 93.0 Å². The highest BCUT2D eigenvalue weighted by atomic mass is 32.2. The zero-order valence-corrected chi connectivity index (χ0v) is 12.7. The highest BCUT2D eigenvalue weighted by Gasteiger charge is 2.21. The van der Waals surface area contributed by atoms with E-state index < -0.39 is 21.7 Å². The van der Waals surface area contributed by atoms with Gasteiger partial charge in [-0.15, -0.1) is 4.91 Å². The number of benzene rings is 2. The van der Waals surface area contributed by atoms with Gasteiger partial charge in [0.25, 0.3) is 0 Å². The molecule has 2 rings (SSSR count). The van der Waals surface area contributed by atoms with Gasteiger partial charge < -0.3 is 9.84 Å². The second-order valence-corrected chi connectivity index (χ2v) is 6.69. The molecule has 0 heterocycles. The molecular weight excluding hydrogens is 306 g/mol. The minimum atomic E-state index is -3.67. The second-order valence-electron chi connectivity index (χ2n) is 4.66. The van der Waals surface area contributed by atoms with Crippen LogP contribution in [-0.2, 0) is 9.84 Å². The van der Waals surface area contributed by atoms with E-state index in [0.29, 0.717) is 11.3 Å². The van der Waals surface area contributed by atoms with Crippen LogP contribution in [0.2, 0.25) is 0 Å². The summed E-state index contributed by atoms with van der Waals surface area (Å²) >= 11 is 0. The van der Waals surface area contributed by atoms with E-state index >= 15 is 0 Å². The van der Waals surface area contributed by atoms with Crippen LogP contribution in [0.5, 0.6) is 5.75 Å². The van der Waals surface area contributed by atoms with Crippen molar-refractivity contribution in [3.8, 4) is 5.75 Å². The van der Waals surface area contributed by atoms with Crippen LogP contribution in [0.1, 0.15) is 11.7 Å². The molecule has 7 heteroatoms. The Balaban J connectivity index is 2.21. The van der Waals surface area contributed by atoms with Crippen molar-refractivity contribution in [3.05, 3.63) is 59.0 Å². The molecule has 2 aromatic rings. The molecule has 0 fully saturated rings. The molecule has 0 aliphatic carbocycles. The standard InChI is InChI=1S/C15H15NO5S/c1-21-13-5-7-14(8-6-13)22(19,20)10-15(17)11-3-2-4-12(9-11)16-18/h2-9,15,17H,10H2,1H3. The summed E-state index contributed by atoms with van der Waals surface area (Å²) in [5.74, 6) is 0.0611. The van der Waals surface area contributed by atoms with E-state index in [2.05, 4.69) is 5.18 Å². The van der Waals surface area contributed by atoms with Gasteiger partial charge in [-0.25, -0.2) is 8.42 Å². The number of hydrogen-bond donors (Lipinski definition) is 1. The number of aliphatic hydroxyl groups excluding tert-OH is 1. The van der Waals surface area contributed by atoms with E-state index in [4.69, 9.17) is 4.74 Å². The van der Waals surface area contributed by atoms with Gasteiger partial charge in [-0.2, -0.15) is 0 Å². The van der Waals surface area contributed by atoms with Crippen LogP contribution in [0, 0.1) is 4.91 Å². The largest absolute Gasteiger partial charge is 0.497 e. The Bertz CT molecular complexity index is 756. The van der Waals surface area contributed by atoms with Crippen molar-refractivity contribution in [2.24, 2.45) is 5.18 Å². The molecule has 0 aliphatic heterocycles. The maximum absolute atomic E-state index is 12.3. The van der Waals surface area contributed by atoms with Crippen molar-refractivity contribution in [2.75, 3.05) is 12.9 Å². The maximum atomic E-state index is 12.3. The maximum Gasteiger partial charge on any atom is 0.181 e. The van der Waals surface area contributed by atoms with E-state index in [1.807, 2.05) is 0 Å². The highest BCUT2D eigenvalue weighted by Crippen LogP contribution is 2.24. The van der Waals surface area contributed by atoms with Crippen molar-refractivity contribution < 1.29 is 18.3 Å². The van der Waals surface area contributed by atoms with E-state index in [0.717, 1.165) is 0 Å². The summed E-state index contributed by atoms with van der Waals surface area (Å²) in [7, 11) is -2.18. The van der Waals surface area contributed by atoms with Gasteiger partial charge >= 0.3 is 0 Å². The van der Waals surface area contributed by atoms with E-state index in [9.17, 15) is 18.4 Å². The molecule has 0 radical (unpaired) electrons. The molecule has 0 saturated heterocycles. The van der Waals surface area contributed by atoms with E-state index in [1.54, 1.807) is 6.07 Å². The van der Waals surface area contributed by atoms with Crippen LogP contribution in [0.3, 0.4) is 0 Å². The minimum Gasteiger partial charge on any atom is -0.497 e. The minimum absolute atomic E-state index is 0.0945. The van der Waals surface area contributed by atoms with Gasteiger partial charge in [0, 0.05) is 0 Å². The predicted molar refractivity (Wildman–Crippen MR) is 81.9 cm³/mol. The Hall–Kier alpha value is -2.25. The average Bonchev–Trinajstić information content (AvgIpc) is 2.54. The van der Waals surface area contributed by atoms with Crippen LogP contribution in [0.25, 0.3) is 0 Å². The molecule has 1 atom stereocenters. The molecule has 0 spiro atoms. The zero-order chi connectivity index (χ0) is 16.2. The van der Waals surface area contributed by atoms with Crippen LogP contribution in [0.4, 0.5) is 5.69 Å². The molecule has 6 nitrogen and oxygen atoms in total. The Morgan fingerprint density at radius 2 is 1.86 bits per heavy atom. The summed E-state index contributed by atoms with van der Waals surface area (Å²) in [6.07, 6.45) is -1.24. The lowest BCUT2D eigenvalue weighted by Gasteiger charge is -2.12. The van der Waals surface area contributed by atoms with Crippen LogP contribution in [0.15, 0.2) is 58.6 Å². The first-order valence-corrected chi connectivity index (χ1v) is 8.09. The third-order valence-electron chi connectivity index (χ3n) is 3.16. The van der Waals surface area contributed by atoms with Crippen LogP contribution < -0.4 is 4.74 Å². The van der Waals surface area contributed by atoms with Gasteiger partial charge in [-0.05, 0) is 47.1 Å². The summed E-state index contributed by atoms with van der Waals surface area (Å²) in [5.41, 5.74) is 0.465. The lowest BCUT2D eigenvalue weighted by molar-refractivity contribution is 0.201.